The fourth-order valence-corrected chi connectivity index (χ4v) is 2.70. The van der Waals surface area contributed by atoms with Crippen LogP contribution in [0, 0.1) is 5.82 Å². The van der Waals surface area contributed by atoms with Crippen molar-refractivity contribution in [3.63, 3.8) is 0 Å². The summed E-state index contributed by atoms with van der Waals surface area (Å²) in [6.45, 7) is -0.491. The van der Waals surface area contributed by atoms with Crippen LogP contribution in [0.1, 0.15) is 11.1 Å². The average Bonchev–Trinajstić information content (AvgIpc) is 2.54. The first-order valence-electron chi connectivity index (χ1n) is 6.77. The fourth-order valence-electron chi connectivity index (χ4n) is 2.48. The first-order chi connectivity index (χ1) is 10.6. The molecule has 1 heterocycles. The third-order valence-electron chi connectivity index (χ3n) is 3.57. The number of fused-ring (bicyclic) bond motifs is 1. The van der Waals surface area contributed by atoms with E-state index < -0.39 is 12.5 Å². The number of para-hydroxylation sites is 1. The van der Waals surface area contributed by atoms with Crippen LogP contribution in [0.2, 0.25) is 5.02 Å². The molecule has 0 spiro atoms. The summed E-state index contributed by atoms with van der Waals surface area (Å²) < 4.78 is 26.8. The molecule has 3 rings (SSSR count). The number of benzene rings is 2. The van der Waals surface area contributed by atoms with Crippen molar-refractivity contribution in [2.45, 2.75) is 13.2 Å². The number of nitrogens with two attached hydrogens (primary N) is 1. The van der Waals surface area contributed by atoms with Crippen molar-refractivity contribution in [3.05, 3.63) is 64.4 Å². The first-order valence-corrected chi connectivity index (χ1v) is 7.15. The van der Waals surface area contributed by atoms with Crippen LogP contribution in [0.3, 0.4) is 0 Å². The third-order valence-corrected chi connectivity index (χ3v) is 3.87. The summed E-state index contributed by atoms with van der Waals surface area (Å²) in [5.74, 6) is -0.448. The molecule has 0 unspecified atom stereocenters. The second kappa shape index (κ2) is 5.99. The van der Waals surface area contributed by atoms with Crippen molar-refractivity contribution in [1.82, 2.24) is 4.98 Å². The molecule has 2 nitrogen and oxygen atoms in total. The molecule has 0 bridgehead atoms. The molecular weight excluding hydrogens is 306 g/mol. The van der Waals surface area contributed by atoms with Crippen LogP contribution < -0.4 is 5.73 Å². The average molecular weight is 319 g/mol. The van der Waals surface area contributed by atoms with Crippen molar-refractivity contribution < 1.29 is 8.78 Å². The molecule has 112 valence electrons. The fraction of sp³-hybridized carbons (Fsp3) is 0.118. The lowest BCUT2D eigenvalue weighted by atomic mass is 9.99. The van der Waals surface area contributed by atoms with E-state index in [2.05, 4.69) is 4.98 Å². The summed E-state index contributed by atoms with van der Waals surface area (Å²) in [6, 6.07) is 11.2. The van der Waals surface area contributed by atoms with Gasteiger partial charge in [-0.05, 0) is 35.4 Å². The molecule has 0 aliphatic rings. The summed E-state index contributed by atoms with van der Waals surface area (Å²) in [7, 11) is 0. The Morgan fingerprint density at radius 2 is 1.91 bits per heavy atom. The maximum absolute atomic E-state index is 13.6. The van der Waals surface area contributed by atoms with Gasteiger partial charge in [-0.1, -0.05) is 29.8 Å². The van der Waals surface area contributed by atoms with E-state index >= 15 is 0 Å². The number of halogens is 3. The largest absolute Gasteiger partial charge is 0.326 e. The van der Waals surface area contributed by atoms with Crippen LogP contribution in [0.15, 0.2) is 42.5 Å². The molecule has 0 saturated carbocycles. The number of nitrogens with zero attached hydrogens (tertiary/aromatic N) is 1. The molecule has 22 heavy (non-hydrogen) atoms. The number of hydrogen-bond acceptors (Lipinski definition) is 2. The molecule has 0 fully saturated rings. The monoisotopic (exact) mass is 318 g/mol. The van der Waals surface area contributed by atoms with Gasteiger partial charge in [0.25, 0.3) is 0 Å². The van der Waals surface area contributed by atoms with E-state index in [1.54, 1.807) is 6.07 Å². The Bertz CT molecular complexity index is 849. The van der Waals surface area contributed by atoms with Gasteiger partial charge in [0.1, 0.15) is 12.5 Å². The Morgan fingerprint density at radius 1 is 1.09 bits per heavy atom. The van der Waals surface area contributed by atoms with Gasteiger partial charge in [-0.15, -0.1) is 0 Å². The molecule has 5 heteroatoms. The number of rotatable bonds is 3. The topological polar surface area (TPSA) is 38.9 Å². The molecule has 0 amide bonds. The minimum atomic E-state index is -0.706. The SMILES string of the molecule is NCc1cc2cccc(Cl)c2nc1-c1cc(F)ccc1CF. The maximum Gasteiger partial charge on any atom is 0.123 e. The van der Waals surface area contributed by atoms with Gasteiger partial charge in [0.05, 0.1) is 16.2 Å². The van der Waals surface area contributed by atoms with Gasteiger partial charge >= 0.3 is 0 Å². The van der Waals surface area contributed by atoms with Gasteiger partial charge in [0.15, 0.2) is 0 Å². The van der Waals surface area contributed by atoms with E-state index in [0.29, 0.717) is 27.4 Å². The van der Waals surface area contributed by atoms with E-state index in [1.807, 2.05) is 18.2 Å². The van der Waals surface area contributed by atoms with E-state index in [1.165, 1.54) is 18.2 Å². The van der Waals surface area contributed by atoms with Crippen molar-refractivity contribution in [2.75, 3.05) is 0 Å². The normalized spacial score (nSPS) is 11.1. The highest BCUT2D eigenvalue weighted by atomic mass is 35.5. The number of pyridine rings is 1. The maximum atomic E-state index is 13.6. The molecule has 0 radical (unpaired) electrons. The third kappa shape index (κ3) is 2.56. The van der Waals surface area contributed by atoms with Crippen molar-refractivity contribution in [3.8, 4) is 11.3 Å². The molecular formula is C17H13ClF2N2. The quantitative estimate of drug-likeness (QED) is 0.765. The minimum absolute atomic E-state index is 0.215. The zero-order valence-electron chi connectivity index (χ0n) is 11.6. The van der Waals surface area contributed by atoms with Gasteiger partial charge in [0.2, 0.25) is 0 Å². The van der Waals surface area contributed by atoms with Crippen LogP contribution in [-0.2, 0) is 13.2 Å². The summed E-state index contributed by atoms with van der Waals surface area (Å²) >= 11 is 6.18. The number of aromatic nitrogens is 1. The van der Waals surface area contributed by atoms with Gasteiger partial charge in [-0.3, -0.25) is 0 Å². The van der Waals surface area contributed by atoms with E-state index in [0.717, 1.165) is 10.9 Å². The summed E-state index contributed by atoms with van der Waals surface area (Å²) in [6.07, 6.45) is 0. The molecule has 0 aliphatic heterocycles. The molecule has 0 saturated heterocycles. The molecule has 0 atom stereocenters. The van der Waals surface area contributed by atoms with Crippen molar-refractivity contribution in [1.29, 1.82) is 0 Å². The summed E-state index contributed by atoms with van der Waals surface area (Å²) in [5, 5.41) is 1.33. The highest BCUT2D eigenvalue weighted by molar-refractivity contribution is 6.35. The van der Waals surface area contributed by atoms with Crippen LogP contribution in [0.25, 0.3) is 22.2 Å². The van der Waals surface area contributed by atoms with Crippen LogP contribution in [0.5, 0.6) is 0 Å². The molecule has 2 N–H and O–H groups in total. The van der Waals surface area contributed by atoms with E-state index in [4.69, 9.17) is 17.3 Å². The molecule has 0 aliphatic carbocycles. The molecule has 2 aromatic carbocycles. The van der Waals surface area contributed by atoms with Crippen LogP contribution in [0.4, 0.5) is 8.78 Å². The first kappa shape index (κ1) is 14.9. The van der Waals surface area contributed by atoms with Crippen LogP contribution >= 0.6 is 11.6 Å². The van der Waals surface area contributed by atoms with E-state index in [9.17, 15) is 8.78 Å². The summed E-state index contributed by atoms with van der Waals surface area (Å²) in [4.78, 5) is 4.52. The lowest BCUT2D eigenvalue weighted by Gasteiger charge is -2.13. The van der Waals surface area contributed by atoms with Gasteiger partial charge in [0, 0.05) is 17.5 Å². The minimum Gasteiger partial charge on any atom is -0.326 e. The van der Waals surface area contributed by atoms with E-state index in [-0.39, 0.29) is 6.54 Å². The van der Waals surface area contributed by atoms with Crippen LogP contribution in [-0.4, -0.2) is 4.98 Å². The predicted molar refractivity (Wildman–Crippen MR) is 84.9 cm³/mol. The Labute approximate surface area is 131 Å². The number of alkyl halides is 1. The smallest absolute Gasteiger partial charge is 0.123 e. The second-order valence-corrected chi connectivity index (χ2v) is 5.35. The zero-order valence-corrected chi connectivity index (χ0v) is 12.4. The predicted octanol–water partition coefficient (Wildman–Crippen LogP) is 4.62. The molecule has 3 aromatic rings. The standard InChI is InChI=1S/C17H13ClF2N2/c18-15-3-1-2-10-6-12(9-21)16(22-17(10)15)14-7-13(20)5-4-11(14)8-19/h1-7H,8-9,21H2. The Balaban J connectivity index is 2.34. The van der Waals surface area contributed by atoms with Gasteiger partial charge in [-0.25, -0.2) is 13.8 Å². The van der Waals surface area contributed by atoms with Crippen molar-refractivity contribution in [2.24, 2.45) is 5.73 Å². The zero-order chi connectivity index (χ0) is 15.7. The Morgan fingerprint density at radius 3 is 2.64 bits per heavy atom. The lowest BCUT2D eigenvalue weighted by molar-refractivity contribution is 0.485. The lowest BCUT2D eigenvalue weighted by Crippen LogP contribution is -2.03. The number of hydrogen-bond donors (Lipinski definition) is 1. The highest BCUT2D eigenvalue weighted by Gasteiger charge is 2.14. The van der Waals surface area contributed by atoms with Crippen molar-refractivity contribution >= 4 is 22.5 Å². The second-order valence-electron chi connectivity index (χ2n) is 4.95. The highest BCUT2D eigenvalue weighted by Crippen LogP contribution is 2.31. The summed E-state index contributed by atoms with van der Waals surface area (Å²) in [5.41, 5.74) is 8.34. The Kier molecular flexibility index (Phi) is 4.05. The Hall–Kier alpha value is -2.04. The molecule has 1 aromatic heterocycles. The van der Waals surface area contributed by atoms with Gasteiger partial charge in [-0.2, -0.15) is 0 Å². The van der Waals surface area contributed by atoms with Gasteiger partial charge < -0.3 is 5.73 Å².